The van der Waals surface area contributed by atoms with Crippen molar-refractivity contribution in [3.63, 3.8) is 0 Å². The van der Waals surface area contributed by atoms with Gasteiger partial charge in [-0.3, -0.25) is 4.57 Å². The van der Waals surface area contributed by atoms with Gasteiger partial charge >= 0.3 is 13.3 Å². The normalized spacial score (nSPS) is 14.4. The predicted molar refractivity (Wildman–Crippen MR) is 69.2 cm³/mol. The lowest BCUT2D eigenvalue weighted by Gasteiger charge is -2.30. The van der Waals surface area contributed by atoms with Gasteiger partial charge in [-0.25, -0.2) is 0 Å². The summed E-state index contributed by atoms with van der Waals surface area (Å²) in [6.07, 6.45) is 0. The summed E-state index contributed by atoms with van der Waals surface area (Å²) in [5, 5.41) is 0. The first-order chi connectivity index (χ1) is 8.89. The Bertz CT molecular complexity index is 432. The van der Waals surface area contributed by atoms with Crippen LogP contribution in [-0.4, -0.2) is 18.9 Å². The molecule has 4 nitrogen and oxygen atoms in total. The van der Waals surface area contributed by atoms with Crippen molar-refractivity contribution in [3.8, 4) is 0 Å². The first kappa shape index (κ1) is 16.2. The summed E-state index contributed by atoms with van der Waals surface area (Å²) in [5.41, 5.74) is 1.92. The highest BCUT2D eigenvalue weighted by molar-refractivity contribution is 7.55. The van der Waals surface area contributed by atoms with Crippen molar-refractivity contribution in [3.05, 3.63) is 35.9 Å². The third kappa shape index (κ3) is 3.39. The van der Waals surface area contributed by atoms with Gasteiger partial charge in [-0.1, -0.05) is 30.3 Å². The average Bonchev–Trinajstić information content (AvgIpc) is 2.39. The zero-order valence-corrected chi connectivity index (χ0v) is 11.8. The molecule has 0 spiro atoms. The molecular weight excluding hydrogens is 275 g/mol. The van der Waals surface area contributed by atoms with Gasteiger partial charge in [-0.05, 0) is 19.4 Å². The summed E-state index contributed by atoms with van der Waals surface area (Å²) < 4.78 is 50.1. The van der Waals surface area contributed by atoms with Crippen LogP contribution in [0, 0.1) is 0 Å². The highest BCUT2D eigenvalue weighted by Crippen LogP contribution is 2.65. The van der Waals surface area contributed by atoms with E-state index in [0.29, 0.717) is 0 Å². The van der Waals surface area contributed by atoms with Crippen molar-refractivity contribution in [1.82, 2.24) is 0 Å². The molecule has 1 aromatic carbocycles. The third-order valence-electron chi connectivity index (χ3n) is 2.50. The largest absolute Gasteiger partial charge is 0.401 e. The first-order valence-electron chi connectivity index (χ1n) is 5.96. The zero-order valence-electron chi connectivity index (χ0n) is 10.9. The van der Waals surface area contributed by atoms with Gasteiger partial charge in [0, 0.05) is 0 Å². The highest BCUT2D eigenvalue weighted by Gasteiger charge is 2.58. The van der Waals surface area contributed by atoms with Crippen molar-refractivity contribution < 1.29 is 22.4 Å². The summed E-state index contributed by atoms with van der Waals surface area (Å²) in [6.45, 7) is 2.65. The predicted octanol–water partition coefficient (Wildman–Crippen LogP) is 3.55. The van der Waals surface area contributed by atoms with Crippen LogP contribution < -0.4 is 5.73 Å². The maximum atomic E-state index is 14.3. The van der Waals surface area contributed by atoms with Crippen molar-refractivity contribution in [2.45, 2.75) is 25.6 Å². The van der Waals surface area contributed by atoms with Crippen LogP contribution in [0.15, 0.2) is 30.3 Å². The second kappa shape index (κ2) is 6.57. The lowest BCUT2D eigenvalue weighted by molar-refractivity contribution is 0.0161. The minimum absolute atomic E-state index is 0.144. The molecule has 0 amide bonds. The molecule has 7 heteroatoms. The van der Waals surface area contributed by atoms with E-state index in [1.54, 1.807) is 18.2 Å². The fourth-order valence-corrected chi connectivity index (χ4v) is 3.17. The van der Waals surface area contributed by atoms with Crippen LogP contribution in [-0.2, 0) is 13.6 Å². The van der Waals surface area contributed by atoms with Crippen LogP contribution in [0.4, 0.5) is 8.78 Å². The monoisotopic (exact) mass is 293 g/mol. The summed E-state index contributed by atoms with van der Waals surface area (Å²) in [4.78, 5) is 0. The highest BCUT2D eigenvalue weighted by atomic mass is 31.2. The Balaban J connectivity index is 3.09. The van der Waals surface area contributed by atoms with E-state index in [9.17, 15) is 13.3 Å². The van der Waals surface area contributed by atoms with Gasteiger partial charge in [-0.2, -0.15) is 8.78 Å². The number of hydrogen-bond donors (Lipinski definition) is 1. The molecule has 0 aliphatic heterocycles. The van der Waals surface area contributed by atoms with Gasteiger partial charge in [0.25, 0.3) is 0 Å². The van der Waals surface area contributed by atoms with Crippen LogP contribution in [0.2, 0.25) is 0 Å². The average molecular weight is 293 g/mol. The molecule has 0 heterocycles. The molecule has 0 aliphatic carbocycles. The van der Waals surface area contributed by atoms with Crippen molar-refractivity contribution in [2.24, 2.45) is 5.73 Å². The van der Waals surface area contributed by atoms with E-state index >= 15 is 0 Å². The molecule has 0 aliphatic rings. The SMILES string of the molecule is CCOP(=O)(OCC)C(F)(F)[C@H](N)c1ccccc1. The Labute approximate surface area is 111 Å². The van der Waals surface area contributed by atoms with Crippen LogP contribution in [0.1, 0.15) is 25.5 Å². The number of nitrogens with two attached hydrogens (primary N) is 1. The van der Waals surface area contributed by atoms with Crippen molar-refractivity contribution in [1.29, 1.82) is 0 Å². The number of rotatable bonds is 7. The topological polar surface area (TPSA) is 61.5 Å². The molecule has 0 saturated carbocycles. The molecule has 19 heavy (non-hydrogen) atoms. The number of alkyl halides is 2. The van der Waals surface area contributed by atoms with Gasteiger partial charge in [0.2, 0.25) is 0 Å². The molecule has 1 aromatic rings. The fourth-order valence-electron chi connectivity index (χ4n) is 1.58. The van der Waals surface area contributed by atoms with E-state index in [1.807, 2.05) is 0 Å². The summed E-state index contributed by atoms with van der Waals surface area (Å²) in [7, 11) is -4.60. The molecule has 108 valence electrons. The van der Waals surface area contributed by atoms with Gasteiger partial charge in [0.15, 0.2) is 0 Å². The molecule has 0 bridgehead atoms. The molecule has 0 aromatic heterocycles. The maximum Gasteiger partial charge on any atom is 0.401 e. The van der Waals surface area contributed by atoms with Crippen LogP contribution in [0.3, 0.4) is 0 Å². The summed E-state index contributed by atoms with van der Waals surface area (Å²) >= 11 is 0. The van der Waals surface area contributed by atoms with Crippen LogP contribution >= 0.6 is 7.60 Å². The number of hydrogen-bond acceptors (Lipinski definition) is 4. The molecule has 1 atom stereocenters. The van der Waals surface area contributed by atoms with E-state index < -0.39 is 19.3 Å². The van der Waals surface area contributed by atoms with E-state index in [2.05, 4.69) is 9.05 Å². The van der Waals surface area contributed by atoms with Gasteiger partial charge in [0.1, 0.15) is 6.04 Å². The molecule has 1 rings (SSSR count). The molecular formula is C12H18F2NO3P. The second-order valence-corrected chi connectivity index (χ2v) is 5.92. The smallest absolute Gasteiger partial charge is 0.318 e. The second-order valence-electron chi connectivity index (χ2n) is 3.81. The third-order valence-corrected chi connectivity index (χ3v) is 4.70. The van der Waals surface area contributed by atoms with Crippen LogP contribution in [0.5, 0.6) is 0 Å². The Kier molecular flexibility index (Phi) is 5.62. The van der Waals surface area contributed by atoms with Gasteiger partial charge in [-0.15, -0.1) is 0 Å². The van der Waals surface area contributed by atoms with Crippen molar-refractivity contribution in [2.75, 3.05) is 13.2 Å². The Morgan fingerprint density at radius 1 is 1.21 bits per heavy atom. The molecule has 0 unspecified atom stereocenters. The summed E-state index contributed by atoms with van der Waals surface area (Å²) in [5.74, 6) is 0. The first-order valence-corrected chi connectivity index (χ1v) is 7.50. The minimum atomic E-state index is -4.60. The van der Waals surface area contributed by atoms with E-state index in [0.717, 1.165) is 0 Å². The molecule has 0 radical (unpaired) electrons. The van der Waals surface area contributed by atoms with Gasteiger partial charge in [0.05, 0.1) is 13.2 Å². The maximum absolute atomic E-state index is 14.3. The van der Waals surface area contributed by atoms with E-state index in [-0.39, 0.29) is 18.8 Å². The number of halogens is 2. The standard InChI is InChI=1S/C12H18F2NO3P/c1-3-17-19(16,18-4-2)12(13,14)11(15)10-8-6-5-7-9-10/h5-9,11H,3-4,15H2,1-2H3/t11-/m1/s1. The lowest BCUT2D eigenvalue weighted by Crippen LogP contribution is -2.34. The molecule has 2 N–H and O–H groups in total. The molecule has 0 fully saturated rings. The van der Waals surface area contributed by atoms with Crippen molar-refractivity contribution >= 4 is 7.60 Å². The zero-order chi connectivity index (χ0) is 14.5. The van der Waals surface area contributed by atoms with Gasteiger partial charge < -0.3 is 14.8 Å². The van der Waals surface area contributed by atoms with Crippen LogP contribution in [0.25, 0.3) is 0 Å². The Morgan fingerprint density at radius 3 is 2.11 bits per heavy atom. The minimum Gasteiger partial charge on any atom is -0.318 e. The fraction of sp³-hybridized carbons (Fsp3) is 0.500. The quantitative estimate of drug-likeness (QED) is 0.781. The summed E-state index contributed by atoms with van der Waals surface area (Å²) in [6, 6.07) is 5.98. The van der Waals surface area contributed by atoms with E-state index in [1.165, 1.54) is 26.0 Å². The Morgan fingerprint density at radius 2 is 1.68 bits per heavy atom. The van der Waals surface area contributed by atoms with E-state index in [4.69, 9.17) is 5.73 Å². The number of benzene rings is 1. The lowest BCUT2D eigenvalue weighted by atomic mass is 10.1. The molecule has 0 saturated heterocycles. The Hall–Kier alpha value is -0.810.